The van der Waals surface area contributed by atoms with Gasteiger partial charge in [0, 0.05) is 6.54 Å². The Bertz CT molecular complexity index is 420. The minimum absolute atomic E-state index is 0.244. The van der Waals surface area contributed by atoms with Crippen molar-refractivity contribution in [3.63, 3.8) is 0 Å². The molecule has 1 heterocycles. The zero-order valence-corrected chi connectivity index (χ0v) is 12.7. The third-order valence-electron chi connectivity index (χ3n) is 3.94. The molecule has 1 unspecified atom stereocenters. The predicted octanol–water partition coefficient (Wildman–Crippen LogP) is 1.17. The van der Waals surface area contributed by atoms with Crippen LogP contribution < -0.4 is 10.1 Å². The summed E-state index contributed by atoms with van der Waals surface area (Å²) in [6.07, 6.45) is 1.59. The lowest BCUT2D eigenvalue weighted by molar-refractivity contribution is 0.105. The number of likely N-dealkylation sites (tertiary alicyclic amines) is 1. The number of anilines is 1. The highest BCUT2D eigenvalue weighted by Crippen LogP contribution is 2.25. The predicted molar refractivity (Wildman–Crippen MR) is 83.7 cm³/mol. The van der Waals surface area contributed by atoms with Crippen LogP contribution in [0.4, 0.5) is 5.69 Å². The zero-order chi connectivity index (χ0) is 15.1. The van der Waals surface area contributed by atoms with Crippen molar-refractivity contribution < 1.29 is 14.9 Å². The number of hydrogen-bond donors (Lipinski definition) is 3. The van der Waals surface area contributed by atoms with E-state index in [4.69, 9.17) is 9.84 Å². The maximum absolute atomic E-state index is 9.41. The van der Waals surface area contributed by atoms with Crippen LogP contribution in [0.2, 0.25) is 0 Å². The first-order chi connectivity index (χ1) is 10.2. The topological polar surface area (TPSA) is 65.0 Å². The summed E-state index contributed by atoms with van der Waals surface area (Å²) in [5.41, 5.74) is 0.859. The average Bonchev–Trinajstić information content (AvgIpc) is 2.52. The molecule has 118 valence electrons. The first kappa shape index (κ1) is 16.1. The smallest absolute Gasteiger partial charge is 0.142 e. The molecule has 0 aromatic heterocycles. The number of aliphatic hydroxyl groups is 2. The summed E-state index contributed by atoms with van der Waals surface area (Å²) < 4.78 is 5.95. The van der Waals surface area contributed by atoms with Crippen molar-refractivity contribution in [1.82, 2.24) is 4.90 Å². The fourth-order valence-electron chi connectivity index (χ4n) is 2.47. The van der Waals surface area contributed by atoms with Gasteiger partial charge >= 0.3 is 0 Å². The fraction of sp³-hybridized carbons (Fsp3) is 0.625. The lowest BCUT2D eigenvalue weighted by atomic mass is 9.98. The number of ether oxygens (including phenoxy) is 1. The fourth-order valence-corrected chi connectivity index (χ4v) is 2.47. The highest BCUT2D eigenvalue weighted by molar-refractivity contribution is 5.56. The second kappa shape index (κ2) is 8.22. The summed E-state index contributed by atoms with van der Waals surface area (Å²) in [6.45, 7) is 3.07. The van der Waals surface area contributed by atoms with Gasteiger partial charge in [-0.15, -0.1) is 0 Å². The first-order valence-electron chi connectivity index (χ1n) is 7.62. The van der Waals surface area contributed by atoms with Crippen molar-refractivity contribution in [3.05, 3.63) is 24.3 Å². The number of nitrogens with zero attached hydrogens (tertiary/aromatic N) is 1. The molecule has 0 radical (unpaired) electrons. The normalized spacial score (nSPS) is 18.4. The molecule has 0 spiro atoms. The van der Waals surface area contributed by atoms with Gasteiger partial charge in [-0.1, -0.05) is 12.1 Å². The zero-order valence-electron chi connectivity index (χ0n) is 12.7. The summed E-state index contributed by atoms with van der Waals surface area (Å²) in [5.74, 6) is 1.42. The van der Waals surface area contributed by atoms with E-state index in [1.807, 2.05) is 24.3 Å². The van der Waals surface area contributed by atoms with Crippen molar-refractivity contribution in [2.45, 2.75) is 18.9 Å². The molecular formula is C16H26N2O3. The Morgan fingerprint density at radius 1 is 1.33 bits per heavy atom. The van der Waals surface area contributed by atoms with E-state index in [1.165, 1.54) is 12.8 Å². The molecule has 3 N–H and O–H groups in total. The van der Waals surface area contributed by atoms with Crippen LogP contribution in [-0.2, 0) is 0 Å². The second-order valence-electron chi connectivity index (χ2n) is 5.77. The molecule has 1 fully saturated rings. The molecule has 0 amide bonds. The monoisotopic (exact) mass is 294 g/mol. The van der Waals surface area contributed by atoms with E-state index in [0.717, 1.165) is 31.1 Å². The highest BCUT2D eigenvalue weighted by atomic mass is 16.5. The number of nitrogens with one attached hydrogen (secondary N) is 1. The molecule has 21 heavy (non-hydrogen) atoms. The van der Waals surface area contributed by atoms with Gasteiger partial charge in [-0.25, -0.2) is 0 Å². The van der Waals surface area contributed by atoms with Crippen LogP contribution in [0.1, 0.15) is 12.8 Å². The summed E-state index contributed by atoms with van der Waals surface area (Å²) >= 11 is 0. The molecule has 0 saturated carbocycles. The van der Waals surface area contributed by atoms with Crippen molar-refractivity contribution in [1.29, 1.82) is 0 Å². The molecule has 1 saturated heterocycles. The molecule has 1 aromatic carbocycles. The maximum Gasteiger partial charge on any atom is 0.142 e. The van der Waals surface area contributed by atoms with Gasteiger partial charge in [-0.3, -0.25) is 0 Å². The van der Waals surface area contributed by atoms with Crippen LogP contribution in [0.3, 0.4) is 0 Å². The quantitative estimate of drug-likeness (QED) is 0.704. The van der Waals surface area contributed by atoms with Crippen LogP contribution in [0, 0.1) is 5.92 Å². The highest BCUT2D eigenvalue weighted by Gasteiger charge is 2.17. The molecule has 5 heteroatoms. The largest absolute Gasteiger partial charge is 0.491 e. The lowest BCUT2D eigenvalue weighted by Crippen LogP contribution is -2.32. The van der Waals surface area contributed by atoms with Gasteiger partial charge in [-0.05, 0) is 51.0 Å². The molecular weight excluding hydrogens is 268 g/mol. The van der Waals surface area contributed by atoms with E-state index >= 15 is 0 Å². The number of benzene rings is 1. The minimum Gasteiger partial charge on any atom is -0.491 e. The van der Waals surface area contributed by atoms with Crippen molar-refractivity contribution in [3.8, 4) is 5.75 Å². The van der Waals surface area contributed by atoms with E-state index in [1.54, 1.807) is 0 Å². The van der Waals surface area contributed by atoms with Crippen LogP contribution in [0.25, 0.3) is 0 Å². The standard InChI is InChI=1S/C16H26N2O3/c1-18-8-6-13(7-9-18)12-21-16-5-3-2-4-15(16)17-10-14(20)11-19/h2-5,13-14,17,19-20H,6-12H2,1H3. The second-order valence-corrected chi connectivity index (χ2v) is 5.77. The summed E-state index contributed by atoms with van der Waals surface area (Å²) in [5, 5.41) is 21.4. The van der Waals surface area contributed by atoms with Gasteiger partial charge in [0.05, 0.1) is 25.0 Å². The van der Waals surface area contributed by atoms with Crippen LogP contribution >= 0.6 is 0 Å². The van der Waals surface area contributed by atoms with Gasteiger partial charge in [-0.2, -0.15) is 0 Å². The molecule has 0 bridgehead atoms. The Morgan fingerprint density at radius 3 is 2.76 bits per heavy atom. The van der Waals surface area contributed by atoms with Gasteiger partial charge in [0.2, 0.25) is 0 Å². The summed E-state index contributed by atoms with van der Waals surface area (Å²) in [4.78, 5) is 2.35. The van der Waals surface area contributed by atoms with E-state index in [2.05, 4.69) is 17.3 Å². The Hall–Kier alpha value is -1.30. The molecule has 5 nitrogen and oxygen atoms in total. The Labute approximate surface area is 126 Å². The number of aliphatic hydroxyl groups excluding tert-OH is 2. The van der Waals surface area contributed by atoms with Crippen LogP contribution in [0.5, 0.6) is 5.75 Å². The Kier molecular flexibility index (Phi) is 6.29. The third kappa shape index (κ3) is 5.19. The van der Waals surface area contributed by atoms with Gasteiger partial charge in [0.15, 0.2) is 0 Å². The van der Waals surface area contributed by atoms with E-state index in [-0.39, 0.29) is 6.61 Å². The number of rotatable bonds is 7. The first-order valence-corrected chi connectivity index (χ1v) is 7.62. The van der Waals surface area contributed by atoms with Gasteiger partial charge < -0.3 is 25.2 Å². The van der Waals surface area contributed by atoms with Gasteiger partial charge in [0.25, 0.3) is 0 Å². The SMILES string of the molecule is CN1CCC(COc2ccccc2NCC(O)CO)CC1. The number of hydrogen-bond acceptors (Lipinski definition) is 5. The van der Waals surface area contributed by atoms with Crippen molar-refractivity contribution >= 4 is 5.69 Å². The molecule has 0 aliphatic carbocycles. The third-order valence-corrected chi connectivity index (χ3v) is 3.94. The molecule has 1 atom stereocenters. The summed E-state index contributed by atoms with van der Waals surface area (Å²) in [7, 11) is 2.16. The molecule has 1 aromatic rings. The number of piperidine rings is 1. The molecule has 1 aliphatic rings. The van der Waals surface area contributed by atoms with E-state index in [9.17, 15) is 5.11 Å². The lowest BCUT2D eigenvalue weighted by Gasteiger charge is -2.29. The van der Waals surface area contributed by atoms with Crippen molar-refractivity contribution in [2.75, 3.05) is 45.2 Å². The van der Waals surface area contributed by atoms with Gasteiger partial charge in [0.1, 0.15) is 5.75 Å². The minimum atomic E-state index is -0.757. The van der Waals surface area contributed by atoms with Crippen molar-refractivity contribution in [2.24, 2.45) is 5.92 Å². The molecule has 1 aliphatic heterocycles. The Balaban J connectivity index is 1.84. The van der Waals surface area contributed by atoms with E-state index < -0.39 is 6.10 Å². The number of para-hydroxylation sites is 2. The van der Waals surface area contributed by atoms with E-state index in [0.29, 0.717) is 12.5 Å². The average molecular weight is 294 g/mol. The van der Waals surface area contributed by atoms with Crippen LogP contribution in [-0.4, -0.2) is 61.1 Å². The summed E-state index contributed by atoms with van der Waals surface area (Å²) in [6, 6.07) is 7.73. The maximum atomic E-state index is 9.41. The van der Waals surface area contributed by atoms with Crippen LogP contribution in [0.15, 0.2) is 24.3 Å². The Morgan fingerprint density at radius 2 is 2.05 bits per heavy atom. The molecule has 2 rings (SSSR count).